The first kappa shape index (κ1) is 18.0. The number of aliphatic imine (C=N–C) groups is 1. The molecule has 0 fully saturated rings. The predicted octanol–water partition coefficient (Wildman–Crippen LogP) is 3.32. The van der Waals surface area contributed by atoms with Crippen molar-refractivity contribution in [3.05, 3.63) is 58.3 Å². The molecular formula is C16H22IN3S. The smallest absolute Gasteiger partial charge is 0.190 e. The van der Waals surface area contributed by atoms with E-state index in [4.69, 9.17) is 0 Å². The standard InChI is InChI=1S/C16H21N3S.HI/c1-17-16(19-12-10-15-8-5-13-20-15)18-11-9-14-6-3-2-4-7-14;/h2-8,13H,9-12H2,1H3,(H2,17,18,19);1H. The first-order valence-electron chi connectivity index (χ1n) is 6.89. The van der Waals surface area contributed by atoms with Gasteiger partial charge in [-0.05, 0) is 29.9 Å². The largest absolute Gasteiger partial charge is 0.356 e. The second-order valence-corrected chi connectivity index (χ2v) is 5.52. The lowest BCUT2D eigenvalue weighted by Gasteiger charge is -2.11. The van der Waals surface area contributed by atoms with E-state index in [0.717, 1.165) is 31.9 Å². The number of hydrogen-bond donors (Lipinski definition) is 2. The molecule has 0 amide bonds. The van der Waals surface area contributed by atoms with Crippen LogP contribution in [0.2, 0.25) is 0 Å². The van der Waals surface area contributed by atoms with Gasteiger partial charge < -0.3 is 10.6 Å². The average Bonchev–Trinajstić information content (AvgIpc) is 3.00. The lowest BCUT2D eigenvalue weighted by atomic mass is 10.1. The topological polar surface area (TPSA) is 36.4 Å². The first-order chi connectivity index (χ1) is 9.88. The summed E-state index contributed by atoms with van der Waals surface area (Å²) < 4.78 is 0. The molecule has 0 aliphatic rings. The molecule has 2 aromatic rings. The van der Waals surface area contributed by atoms with E-state index >= 15 is 0 Å². The van der Waals surface area contributed by atoms with Gasteiger partial charge >= 0.3 is 0 Å². The highest BCUT2D eigenvalue weighted by atomic mass is 127. The molecule has 0 radical (unpaired) electrons. The number of rotatable bonds is 6. The van der Waals surface area contributed by atoms with Gasteiger partial charge in [-0.25, -0.2) is 0 Å². The molecule has 0 atom stereocenters. The molecule has 114 valence electrons. The van der Waals surface area contributed by atoms with Crippen molar-refractivity contribution >= 4 is 41.3 Å². The van der Waals surface area contributed by atoms with Crippen LogP contribution in [0.15, 0.2) is 52.8 Å². The Bertz CT molecular complexity index is 512. The molecule has 0 aliphatic carbocycles. The summed E-state index contributed by atoms with van der Waals surface area (Å²) >= 11 is 1.80. The molecule has 2 N–H and O–H groups in total. The number of nitrogens with one attached hydrogen (secondary N) is 2. The fourth-order valence-corrected chi connectivity index (χ4v) is 2.66. The normalized spacial score (nSPS) is 10.8. The van der Waals surface area contributed by atoms with Gasteiger partial charge in [0.15, 0.2) is 5.96 Å². The fraction of sp³-hybridized carbons (Fsp3) is 0.312. The maximum atomic E-state index is 4.24. The van der Waals surface area contributed by atoms with Crippen molar-refractivity contribution in [2.45, 2.75) is 12.8 Å². The Morgan fingerprint density at radius 3 is 2.33 bits per heavy atom. The second kappa shape index (κ2) is 10.6. The maximum absolute atomic E-state index is 4.24. The van der Waals surface area contributed by atoms with Gasteiger partial charge in [-0.2, -0.15) is 0 Å². The Kier molecular flexibility index (Phi) is 9.09. The van der Waals surface area contributed by atoms with Crippen molar-refractivity contribution in [2.75, 3.05) is 20.1 Å². The van der Waals surface area contributed by atoms with Crippen molar-refractivity contribution in [3.8, 4) is 0 Å². The minimum Gasteiger partial charge on any atom is -0.356 e. The van der Waals surface area contributed by atoms with Crippen LogP contribution in [0.3, 0.4) is 0 Å². The van der Waals surface area contributed by atoms with E-state index in [9.17, 15) is 0 Å². The fourth-order valence-electron chi connectivity index (χ4n) is 1.95. The van der Waals surface area contributed by atoms with Crippen LogP contribution in [0.4, 0.5) is 0 Å². The summed E-state index contributed by atoms with van der Waals surface area (Å²) in [6.07, 6.45) is 2.05. The Labute approximate surface area is 147 Å². The van der Waals surface area contributed by atoms with Gasteiger partial charge in [-0.3, -0.25) is 4.99 Å². The third kappa shape index (κ3) is 6.95. The van der Waals surface area contributed by atoms with Crippen molar-refractivity contribution in [3.63, 3.8) is 0 Å². The Balaban J connectivity index is 0.00000220. The minimum absolute atomic E-state index is 0. The number of thiophene rings is 1. The number of hydrogen-bond acceptors (Lipinski definition) is 2. The van der Waals surface area contributed by atoms with Crippen LogP contribution in [0.25, 0.3) is 0 Å². The quantitative estimate of drug-likeness (QED) is 0.432. The molecule has 0 bridgehead atoms. The third-order valence-electron chi connectivity index (χ3n) is 3.02. The van der Waals surface area contributed by atoms with Gasteiger partial charge in [-0.15, -0.1) is 35.3 Å². The first-order valence-corrected chi connectivity index (χ1v) is 7.77. The molecule has 21 heavy (non-hydrogen) atoms. The van der Waals surface area contributed by atoms with E-state index in [2.05, 4.69) is 57.4 Å². The summed E-state index contributed by atoms with van der Waals surface area (Å²) in [6.45, 7) is 1.80. The molecular weight excluding hydrogens is 393 g/mol. The highest BCUT2D eigenvalue weighted by Gasteiger charge is 1.98. The van der Waals surface area contributed by atoms with E-state index in [1.54, 1.807) is 11.3 Å². The molecule has 1 heterocycles. The highest BCUT2D eigenvalue weighted by Crippen LogP contribution is 2.07. The van der Waals surface area contributed by atoms with Gasteiger partial charge in [0.1, 0.15) is 0 Å². The minimum atomic E-state index is 0. The maximum Gasteiger partial charge on any atom is 0.190 e. The van der Waals surface area contributed by atoms with Gasteiger partial charge in [0.25, 0.3) is 0 Å². The highest BCUT2D eigenvalue weighted by molar-refractivity contribution is 14.0. The number of nitrogens with zero attached hydrogens (tertiary/aromatic N) is 1. The van der Waals surface area contributed by atoms with Crippen LogP contribution < -0.4 is 10.6 Å². The van der Waals surface area contributed by atoms with E-state index in [1.807, 2.05) is 13.1 Å². The van der Waals surface area contributed by atoms with Gasteiger partial charge in [0.05, 0.1) is 0 Å². The van der Waals surface area contributed by atoms with Crippen molar-refractivity contribution in [1.29, 1.82) is 0 Å². The summed E-state index contributed by atoms with van der Waals surface area (Å²) in [5.74, 6) is 0.873. The van der Waals surface area contributed by atoms with Gasteiger partial charge in [-0.1, -0.05) is 36.4 Å². The lowest BCUT2D eigenvalue weighted by molar-refractivity contribution is 0.788. The van der Waals surface area contributed by atoms with E-state index in [-0.39, 0.29) is 24.0 Å². The Morgan fingerprint density at radius 2 is 1.71 bits per heavy atom. The second-order valence-electron chi connectivity index (χ2n) is 4.49. The number of benzene rings is 1. The van der Waals surface area contributed by atoms with Crippen LogP contribution in [-0.2, 0) is 12.8 Å². The average molecular weight is 415 g/mol. The molecule has 3 nitrogen and oxygen atoms in total. The molecule has 1 aromatic carbocycles. The molecule has 2 rings (SSSR count). The van der Waals surface area contributed by atoms with Crippen molar-refractivity contribution in [2.24, 2.45) is 4.99 Å². The van der Waals surface area contributed by atoms with Crippen molar-refractivity contribution < 1.29 is 0 Å². The Hall–Kier alpha value is -1.08. The molecule has 5 heteroatoms. The van der Waals surface area contributed by atoms with Gasteiger partial charge in [0.2, 0.25) is 0 Å². The summed E-state index contributed by atoms with van der Waals surface area (Å²) in [7, 11) is 1.81. The van der Waals surface area contributed by atoms with Crippen LogP contribution in [0.5, 0.6) is 0 Å². The lowest BCUT2D eigenvalue weighted by Crippen LogP contribution is -2.39. The van der Waals surface area contributed by atoms with Crippen molar-refractivity contribution in [1.82, 2.24) is 10.6 Å². The monoisotopic (exact) mass is 415 g/mol. The number of halogens is 1. The predicted molar refractivity (Wildman–Crippen MR) is 103 cm³/mol. The SMILES string of the molecule is CN=C(NCCc1ccccc1)NCCc1cccs1.I. The molecule has 0 aliphatic heterocycles. The zero-order valence-electron chi connectivity index (χ0n) is 12.2. The number of guanidine groups is 1. The summed E-state index contributed by atoms with van der Waals surface area (Å²) in [5.41, 5.74) is 1.34. The Morgan fingerprint density at radius 1 is 1.00 bits per heavy atom. The molecule has 0 spiro atoms. The van der Waals surface area contributed by atoms with E-state index in [0.29, 0.717) is 0 Å². The molecule has 0 unspecified atom stereocenters. The molecule has 0 saturated heterocycles. The summed E-state index contributed by atoms with van der Waals surface area (Å²) in [4.78, 5) is 5.64. The molecule has 0 saturated carbocycles. The molecule has 1 aromatic heterocycles. The zero-order chi connectivity index (χ0) is 14.0. The zero-order valence-corrected chi connectivity index (χ0v) is 15.4. The van der Waals surface area contributed by atoms with E-state index in [1.165, 1.54) is 10.4 Å². The van der Waals surface area contributed by atoms with Gasteiger partial charge in [0, 0.05) is 25.0 Å². The van der Waals surface area contributed by atoms with Crippen LogP contribution >= 0.6 is 35.3 Å². The van der Waals surface area contributed by atoms with Crippen LogP contribution in [0, 0.1) is 0 Å². The summed E-state index contributed by atoms with van der Waals surface area (Å²) in [6, 6.07) is 14.7. The van der Waals surface area contributed by atoms with Crippen LogP contribution in [0.1, 0.15) is 10.4 Å². The third-order valence-corrected chi connectivity index (χ3v) is 3.95. The van der Waals surface area contributed by atoms with E-state index < -0.39 is 0 Å². The summed E-state index contributed by atoms with van der Waals surface area (Å²) in [5, 5.41) is 8.79. The van der Waals surface area contributed by atoms with Crippen LogP contribution in [-0.4, -0.2) is 26.1 Å².